The zero-order chi connectivity index (χ0) is 14.7. The number of aliphatic hydroxyl groups excluding tert-OH is 1. The average molecular weight is 297 g/mol. The molecule has 2 aromatic rings. The lowest BCUT2D eigenvalue weighted by atomic mass is 10.2. The lowest BCUT2D eigenvalue weighted by Crippen LogP contribution is -2.35. The molecule has 1 atom stereocenters. The van der Waals surface area contributed by atoms with Crippen molar-refractivity contribution in [1.82, 2.24) is 4.90 Å². The number of carbonyl (C=O) groups excluding carboxylic acids is 1. The second-order valence-corrected chi connectivity index (χ2v) is 5.67. The van der Waals surface area contributed by atoms with Crippen molar-refractivity contribution in [3.05, 3.63) is 35.0 Å². The van der Waals surface area contributed by atoms with E-state index in [0.29, 0.717) is 10.3 Å². The highest BCUT2D eigenvalue weighted by Crippen LogP contribution is 2.27. The van der Waals surface area contributed by atoms with E-state index in [4.69, 9.17) is 4.74 Å². The standard InChI is InChI=1S/C14H16FNO3S/c1-16(7-11(17)8-19-2)14(18)13-6-9-5-10(15)3-4-12(9)20-13/h3-6,11,17H,7-8H2,1-2H3. The molecule has 4 nitrogen and oxygen atoms in total. The number of benzene rings is 1. The fourth-order valence-corrected chi connectivity index (χ4v) is 2.99. The first-order valence-corrected chi connectivity index (χ1v) is 6.94. The minimum Gasteiger partial charge on any atom is -0.389 e. The third kappa shape index (κ3) is 3.33. The maximum absolute atomic E-state index is 13.1. The zero-order valence-corrected chi connectivity index (χ0v) is 12.1. The highest BCUT2D eigenvalue weighted by molar-refractivity contribution is 7.20. The Bertz CT molecular complexity index is 613. The van der Waals surface area contributed by atoms with Gasteiger partial charge in [-0.25, -0.2) is 4.39 Å². The number of likely N-dealkylation sites (N-methyl/N-ethyl adjacent to an activating group) is 1. The summed E-state index contributed by atoms with van der Waals surface area (Å²) in [7, 11) is 3.11. The summed E-state index contributed by atoms with van der Waals surface area (Å²) in [5, 5.41) is 10.3. The van der Waals surface area contributed by atoms with Crippen LogP contribution in [0.3, 0.4) is 0 Å². The van der Waals surface area contributed by atoms with Gasteiger partial charge in [0, 0.05) is 25.4 Å². The van der Waals surface area contributed by atoms with Gasteiger partial charge in [0.1, 0.15) is 5.82 Å². The largest absolute Gasteiger partial charge is 0.389 e. The summed E-state index contributed by atoms with van der Waals surface area (Å²) in [6, 6.07) is 6.11. The second-order valence-electron chi connectivity index (χ2n) is 4.59. The molecule has 20 heavy (non-hydrogen) atoms. The van der Waals surface area contributed by atoms with Crippen molar-refractivity contribution in [1.29, 1.82) is 0 Å². The molecule has 108 valence electrons. The summed E-state index contributed by atoms with van der Waals surface area (Å²) in [5.74, 6) is -0.514. The quantitative estimate of drug-likeness (QED) is 0.919. The molecule has 1 N–H and O–H groups in total. The van der Waals surface area contributed by atoms with Gasteiger partial charge in [-0.2, -0.15) is 0 Å². The van der Waals surface area contributed by atoms with Gasteiger partial charge in [-0.15, -0.1) is 11.3 Å². The predicted octanol–water partition coefficient (Wildman–Crippen LogP) is 2.12. The number of thiophene rings is 1. The van der Waals surface area contributed by atoms with E-state index >= 15 is 0 Å². The van der Waals surface area contributed by atoms with Crippen molar-refractivity contribution in [3.63, 3.8) is 0 Å². The third-order valence-corrected chi connectivity index (χ3v) is 3.98. The molecule has 1 unspecified atom stereocenters. The SMILES string of the molecule is COCC(O)CN(C)C(=O)c1cc2cc(F)ccc2s1. The number of nitrogens with zero attached hydrogens (tertiary/aromatic N) is 1. The Hall–Kier alpha value is -1.50. The van der Waals surface area contributed by atoms with Crippen LogP contribution in [0.1, 0.15) is 9.67 Å². The molecule has 0 radical (unpaired) electrons. The van der Waals surface area contributed by atoms with Gasteiger partial charge in [0.05, 0.1) is 17.6 Å². The normalized spacial score (nSPS) is 12.6. The molecule has 0 bridgehead atoms. The van der Waals surface area contributed by atoms with Crippen LogP contribution < -0.4 is 0 Å². The van der Waals surface area contributed by atoms with E-state index in [9.17, 15) is 14.3 Å². The van der Waals surface area contributed by atoms with Crippen LogP contribution in [0.2, 0.25) is 0 Å². The van der Waals surface area contributed by atoms with Crippen molar-refractivity contribution in [2.45, 2.75) is 6.10 Å². The van der Waals surface area contributed by atoms with Crippen LogP contribution >= 0.6 is 11.3 Å². The van der Waals surface area contributed by atoms with Crippen LogP contribution in [0.25, 0.3) is 10.1 Å². The van der Waals surface area contributed by atoms with Gasteiger partial charge >= 0.3 is 0 Å². The van der Waals surface area contributed by atoms with Crippen molar-refractivity contribution in [3.8, 4) is 0 Å². The van der Waals surface area contributed by atoms with Crippen molar-refractivity contribution in [2.24, 2.45) is 0 Å². The fourth-order valence-electron chi connectivity index (χ4n) is 1.95. The maximum atomic E-state index is 13.1. The number of hydrogen-bond donors (Lipinski definition) is 1. The molecule has 0 fully saturated rings. The molecule has 1 aromatic heterocycles. The molecule has 6 heteroatoms. The van der Waals surface area contributed by atoms with E-state index < -0.39 is 6.10 Å². The zero-order valence-electron chi connectivity index (χ0n) is 11.3. The Kier molecular flexibility index (Phi) is 4.69. The number of halogens is 1. The van der Waals surface area contributed by atoms with Crippen LogP contribution in [-0.2, 0) is 4.74 Å². The number of carbonyl (C=O) groups is 1. The molecule has 2 rings (SSSR count). The minimum atomic E-state index is -0.722. The van der Waals surface area contributed by atoms with Crippen molar-refractivity contribution >= 4 is 27.3 Å². The summed E-state index contributed by atoms with van der Waals surface area (Å²) >= 11 is 1.31. The summed E-state index contributed by atoms with van der Waals surface area (Å²) in [5.41, 5.74) is 0. The first-order chi connectivity index (χ1) is 9.51. The molecule has 0 aliphatic carbocycles. The Balaban J connectivity index is 2.14. The molecule has 0 saturated heterocycles. The summed E-state index contributed by atoms with van der Waals surface area (Å²) in [4.78, 5) is 14.2. The number of ether oxygens (including phenoxy) is 1. The maximum Gasteiger partial charge on any atom is 0.263 e. The van der Waals surface area contributed by atoms with Gasteiger partial charge in [0.15, 0.2) is 0 Å². The van der Waals surface area contributed by atoms with Gasteiger partial charge in [-0.1, -0.05) is 0 Å². The molecule has 0 spiro atoms. The smallest absolute Gasteiger partial charge is 0.263 e. The van der Waals surface area contributed by atoms with Crippen LogP contribution in [-0.4, -0.2) is 49.3 Å². The van der Waals surface area contributed by atoms with Gasteiger partial charge < -0.3 is 14.7 Å². The molecule has 1 heterocycles. The summed E-state index contributed by atoms with van der Waals surface area (Å²) < 4.78 is 18.8. The monoisotopic (exact) mass is 297 g/mol. The molecular weight excluding hydrogens is 281 g/mol. The lowest BCUT2D eigenvalue weighted by molar-refractivity contribution is 0.0382. The first kappa shape index (κ1) is 14.9. The molecular formula is C14H16FNO3S. The Morgan fingerprint density at radius 3 is 2.95 bits per heavy atom. The van der Waals surface area contributed by atoms with E-state index in [2.05, 4.69) is 0 Å². The summed E-state index contributed by atoms with van der Waals surface area (Å²) in [6.45, 7) is 0.366. The van der Waals surface area contributed by atoms with Gasteiger partial charge in [-0.05, 0) is 29.7 Å². The predicted molar refractivity (Wildman–Crippen MR) is 76.6 cm³/mol. The molecule has 0 aliphatic heterocycles. The van der Waals surface area contributed by atoms with Gasteiger partial charge in [0.25, 0.3) is 5.91 Å². The number of hydrogen-bond acceptors (Lipinski definition) is 4. The highest BCUT2D eigenvalue weighted by atomic mass is 32.1. The van der Waals surface area contributed by atoms with Gasteiger partial charge in [-0.3, -0.25) is 4.79 Å². The number of fused-ring (bicyclic) bond motifs is 1. The lowest BCUT2D eigenvalue weighted by Gasteiger charge is -2.19. The Labute approximate surface area is 120 Å². The number of rotatable bonds is 5. The molecule has 0 aliphatic rings. The molecule has 0 saturated carbocycles. The number of methoxy groups -OCH3 is 1. The topological polar surface area (TPSA) is 49.8 Å². The first-order valence-electron chi connectivity index (χ1n) is 6.13. The fraction of sp³-hybridized carbons (Fsp3) is 0.357. The second kappa shape index (κ2) is 6.30. The third-order valence-electron chi connectivity index (χ3n) is 2.88. The average Bonchev–Trinajstić information content (AvgIpc) is 2.80. The highest BCUT2D eigenvalue weighted by Gasteiger charge is 2.17. The number of amides is 1. The van der Waals surface area contributed by atoms with E-state index in [1.165, 1.54) is 35.5 Å². The van der Waals surface area contributed by atoms with Crippen LogP contribution in [0.15, 0.2) is 24.3 Å². The van der Waals surface area contributed by atoms with E-state index in [1.54, 1.807) is 19.2 Å². The number of aliphatic hydroxyl groups is 1. The van der Waals surface area contributed by atoms with Crippen LogP contribution in [0, 0.1) is 5.82 Å². The minimum absolute atomic E-state index is 0.176. The molecule has 1 aromatic carbocycles. The van der Waals surface area contributed by atoms with E-state index in [-0.39, 0.29) is 24.9 Å². The van der Waals surface area contributed by atoms with Crippen molar-refractivity contribution < 1.29 is 19.0 Å². The summed E-state index contributed by atoms with van der Waals surface area (Å²) in [6.07, 6.45) is -0.722. The molecule has 1 amide bonds. The Morgan fingerprint density at radius 2 is 2.25 bits per heavy atom. The van der Waals surface area contributed by atoms with E-state index in [1.807, 2.05) is 0 Å². The van der Waals surface area contributed by atoms with Crippen LogP contribution in [0.4, 0.5) is 4.39 Å². The Morgan fingerprint density at radius 1 is 1.50 bits per heavy atom. The van der Waals surface area contributed by atoms with Crippen LogP contribution in [0.5, 0.6) is 0 Å². The van der Waals surface area contributed by atoms with E-state index in [0.717, 1.165) is 4.70 Å². The van der Waals surface area contributed by atoms with Gasteiger partial charge in [0.2, 0.25) is 0 Å². The van der Waals surface area contributed by atoms with Crippen molar-refractivity contribution in [2.75, 3.05) is 27.3 Å².